The summed E-state index contributed by atoms with van der Waals surface area (Å²) in [5.74, 6) is -0.0283. The molecule has 1 fully saturated rings. The molecule has 1 heterocycles. The summed E-state index contributed by atoms with van der Waals surface area (Å²) in [6.45, 7) is 3.84. The number of aryl methyl sites for hydroxylation is 1. The summed E-state index contributed by atoms with van der Waals surface area (Å²) in [6, 6.07) is 7.40. The van der Waals surface area contributed by atoms with Crippen molar-refractivity contribution in [2.45, 2.75) is 32.2 Å². The van der Waals surface area contributed by atoms with Gasteiger partial charge in [-0.2, -0.15) is 0 Å². The minimum atomic E-state index is -3.01. The average Bonchev–Trinajstić information content (AvgIpc) is 2.63. The smallest absolute Gasteiger partial charge is 0.251 e. The van der Waals surface area contributed by atoms with Crippen LogP contribution in [0.2, 0.25) is 0 Å². The van der Waals surface area contributed by atoms with Gasteiger partial charge in [0, 0.05) is 5.56 Å². The van der Waals surface area contributed by atoms with E-state index in [1.165, 1.54) is 5.56 Å². The number of hydrogen-bond acceptors (Lipinski definition) is 3. The molecule has 0 radical (unpaired) electrons. The van der Waals surface area contributed by atoms with Crippen molar-refractivity contribution in [3.8, 4) is 0 Å². The first-order valence-electron chi connectivity index (χ1n) is 6.45. The first kappa shape index (κ1) is 14.1. The second-order valence-corrected chi connectivity index (χ2v) is 7.59. The molecule has 0 aliphatic carbocycles. The molecule has 1 unspecified atom stereocenters. The first-order valence-corrected chi connectivity index (χ1v) is 8.28. The molecule has 0 spiro atoms. The van der Waals surface area contributed by atoms with Crippen LogP contribution < -0.4 is 5.32 Å². The average molecular weight is 281 g/mol. The van der Waals surface area contributed by atoms with Gasteiger partial charge in [0.1, 0.15) is 0 Å². The third-order valence-electron chi connectivity index (χ3n) is 3.54. The monoisotopic (exact) mass is 281 g/mol. The molecule has 5 heteroatoms. The Morgan fingerprint density at radius 2 is 1.95 bits per heavy atom. The molecule has 1 aromatic rings. The Morgan fingerprint density at radius 1 is 1.32 bits per heavy atom. The molecule has 1 amide bonds. The zero-order valence-corrected chi connectivity index (χ0v) is 12.1. The lowest BCUT2D eigenvalue weighted by atomic mass is 10.0. The predicted octanol–water partition coefficient (Wildman–Crippen LogP) is 1.56. The van der Waals surface area contributed by atoms with Gasteiger partial charge in [-0.3, -0.25) is 4.79 Å². The Morgan fingerprint density at radius 3 is 2.42 bits per heavy atom. The van der Waals surface area contributed by atoms with Crippen molar-refractivity contribution in [3.05, 3.63) is 35.4 Å². The first-order chi connectivity index (χ1) is 8.84. The molecule has 1 aliphatic rings. The summed E-state index contributed by atoms with van der Waals surface area (Å²) in [4.78, 5) is 12.1. The van der Waals surface area contributed by atoms with Gasteiger partial charge in [0.15, 0.2) is 9.84 Å². The van der Waals surface area contributed by atoms with E-state index in [2.05, 4.69) is 12.2 Å². The lowest BCUT2D eigenvalue weighted by Gasteiger charge is -2.23. The topological polar surface area (TPSA) is 63.2 Å². The maximum atomic E-state index is 12.1. The highest BCUT2D eigenvalue weighted by Gasteiger charge is 2.39. The highest BCUT2D eigenvalue weighted by atomic mass is 32.2. The van der Waals surface area contributed by atoms with Gasteiger partial charge in [-0.15, -0.1) is 0 Å². The minimum absolute atomic E-state index is 0.0266. The van der Waals surface area contributed by atoms with Gasteiger partial charge in [0.05, 0.1) is 17.0 Å². The van der Waals surface area contributed by atoms with Crippen LogP contribution >= 0.6 is 0 Å². The van der Waals surface area contributed by atoms with Gasteiger partial charge in [-0.05, 0) is 37.5 Å². The second-order valence-electron chi connectivity index (χ2n) is 5.41. The largest absolute Gasteiger partial charge is 0.346 e. The predicted molar refractivity (Wildman–Crippen MR) is 75.0 cm³/mol. The van der Waals surface area contributed by atoms with Crippen LogP contribution in [0.3, 0.4) is 0 Å². The van der Waals surface area contributed by atoms with Crippen molar-refractivity contribution in [1.82, 2.24) is 5.32 Å². The summed E-state index contributed by atoms with van der Waals surface area (Å²) >= 11 is 0. The van der Waals surface area contributed by atoms with E-state index < -0.39 is 15.4 Å². The number of sulfone groups is 1. The summed E-state index contributed by atoms with van der Waals surface area (Å²) < 4.78 is 23.0. The Hall–Kier alpha value is -1.36. The molecule has 1 aromatic carbocycles. The molecule has 1 N–H and O–H groups in total. The van der Waals surface area contributed by atoms with Gasteiger partial charge in [0.25, 0.3) is 5.91 Å². The van der Waals surface area contributed by atoms with E-state index in [-0.39, 0.29) is 17.4 Å². The minimum Gasteiger partial charge on any atom is -0.346 e. The number of carbonyl (C=O) groups is 1. The molecule has 1 saturated heterocycles. The fourth-order valence-corrected chi connectivity index (χ4v) is 4.44. The lowest BCUT2D eigenvalue weighted by Crippen LogP contribution is -2.46. The highest BCUT2D eigenvalue weighted by molar-refractivity contribution is 7.91. The van der Waals surface area contributed by atoms with Gasteiger partial charge in [-0.25, -0.2) is 8.42 Å². The van der Waals surface area contributed by atoms with Crippen molar-refractivity contribution in [2.75, 3.05) is 11.5 Å². The van der Waals surface area contributed by atoms with Crippen LogP contribution in [-0.2, 0) is 16.3 Å². The van der Waals surface area contributed by atoms with Crippen molar-refractivity contribution < 1.29 is 13.2 Å². The van der Waals surface area contributed by atoms with Crippen LogP contribution in [0.4, 0.5) is 0 Å². The Labute approximate surface area is 114 Å². The van der Waals surface area contributed by atoms with Crippen LogP contribution in [0.5, 0.6) is 0 Å². The molecule has 4 nitrogen and oxygen atoms in total. The molecule has 2 rings (SSSR count). The number of rotatable bonds is 3. The van der Waals surface area contributed by atoms with Crippen molar-refractivity contribution in [3.63, 3.8) is 0 Å². The van der Waals surface area contributed by atoms with Crippen LogP contribution in [0.25, 0.3) is 0 Å². The molecule has 19 heavy (non-hydrogen) atoms. The van der Waals surface area contributed by atoms with Crippen molar-refractivity contribution >= 4 is 15.7 Å². The molecule has 0 aromatic heterocycles. The molecule has 1 atom stereocenters. The van der Waals surface area contributed by atoms with Crippen molar-refractivity contribution in [1.29, 1.82) is 0 Å². The number of benzene rings is 1. The SMILES string of the molecule is CCc1ccc(C(=O)NC2(C)CCS(=O)(=O)C2)cc1. The Balaban J connectivity index is 2.08. The molecule has 1 aliphatic heterocycles. The molecule has 104 valence electrons. The van der Waals surface area contributed by atoms with Crippen LogP contribution in [0.1, 0.15) is 36.2 Å². The van der Waals surface area contributed by atoms with Crippen LogP contribution in [0, 0.1) is 0 Å². The number of carbonyl (C=O) groups excluding carboxylic acids is 1. The Kier molecular flexibility index (Phi) is 3.67. The molecule has 0 bridgehead atoms. The maximum Gasteiger partial charge on any atom is 0.251 e. The van der Waals surface area contributed by atoms with Crippen LogP contribution in [0.15, 0.2) is 24.3 Å². The Bertz CT molecular complexity index is 577. The summed E-state index contributed by atoms with van der Waals surface area (Å²) in [7, 11) is -3.01. The van der Waals surface area contributed by atoms with Gasteiger partial charge >= 0.3 is 0 Å². The number of hydrogen-bond donors (Lipinski definition) is 1. The van der Waals surface area contributed by atoms with Crippen molar-refractivity contribution in [2.24, 2.45) is 0 Å². The van der Waals surface area contributed by atoms with E-state index in [0.29, 0.717) is 12.0 Å². The molecule has 0 saturated carbocycles. The molecular formula is C14H19NO3S. The second kappa shape index (κ2) is 4.96. The van der Waals surface area contributed by atoms with E-state index >= 15 is 0 Å². The number of amides is 1. The zero-order valence-electron chi connectivity index (χ0n) is 11.3. The summed E-state index contributed by atoms with van der Waals surface area (Å²) in [5.41, 5.74) is 1.10. The fraction of sp³-hybridized carbons (Fsp3) is 0.500. The van der Waals surface area contributed by atoms with E-state index in [0.717, 1.165) is 6.42 Å². The van der Waals surface area contributed by atoms with Crippen LogP contribution in [-0.4, -0.2) is 31.4 Å². The normalized spacial score (nSPS) is 25.2. The van der Waals surface area contributed by atoms with E-state index in [9.17, 15) is 13.2 Å². The van der Waals surface area contributed by atoms with Gasteiger partial charge in [-0.1, -0.05) is 19.1 Å². The van der Waals surface area contributed by atoms with E-state index in [1.54, 1.807) is 19.1 Å². The third-order valence-corrected chi connectivity index (χ3v) is 5.45. The fourth-order valence-electron chi connectivity index (χ4n) is 2.35. The van der Waals surface area contributed by atoms with Gasteiger partial charge < -0.3 is 5.32 Å². The zero-order chi connectivity index (χ0) is 14.1. The summed E-state index contributed by atoms with van der Waals surface area (Å²) in [6.07, 6.45) is 1.41. The quantitative estimate of drug-likeness (QED) is 0.914. The van der Waals surface area contributed by atoms with E-state index in [4.69, 9.17) is 0 Å². The van der Waals surface area contributed by atoms with E-state index in [1.807, 2.05) is 12.1 Å². The lowest BCUT2D eigenvalue weighted by molar-refractivity contribution is 0.0915. The summed E-state index contributed by atoms with van der Waals surface area (Å²) in [5, 5.41) is 2.85. The third kappa shape index (κ3) is 3.35. The standard InChI is InChI=1S/C14H19NO3S/c1-3-11-4-6-12(7-5-11)13(16)15-14(2)8-9-19(17,18)10-14/h4-7H,3,8-10H2,1-2H3,(H,15,16). The highest BCUT2D eigenvalue weighted by Crippen LogP contribution is 2.23. The maximum absolute atomic E-state index is 12.1. The number of nitrogens with one attached hydrogen (secondary N) is 1. The molecular weight excluding hydrogens is 262 g/mol. The van der Waals surface area contributed by atoms with Gasteiger partial charge in [0.2, 0.25) is 0 Å².